The van der Waals surface area contributed by atoms with Crippen LogP contribution in [0.1, 0.15) is 31.2 Å². The lowest BCUT2D eigenvalue weighted by atomic mass is 10.1. The van der Waals surface area contributed by atoms with Crippen LogP contribution in [-0.2, 0) is 11.2 Å². The molecule has 2 aromatic carbocycles. The van der Waals surface area contributed by atoms with E-state index in [0.717, 1.165) is 32.1 Å². The fourth-order valence-corrected chi connectivity index (χ4v) is 3.18. The number of hydrogen-bond donors (Lipinski definition) is 1. The van der Waals surface area contributed by atoms with Gasteiger partial charge in [0.2, 0.25) is 0 Å². The monoisotopic (exact) mass is 381 g/mol. The number of para-hydroxylation sites is 1. The number of aryl methyl sites for hydroxylation is 1. The molecule has 1 aliphatic heterocycles. The summed E-state index contributed by atoms with van der Waals surface area (Å²) in [4.78, 5) is 25.1. The quantitative estimate of drug-likeness (QED) is 0.739. The van der Waals surface area contributed by atoms with Crippen LogP contribution in [0, 0.1) is 0 Å². The van der Waals surface area contributed by atoms with Crippen LogP contribution in [0.15, 0.2) is 60.7 Å². The molecule has 0 aromatic heterocycles. The van der Waals surface area contributed by atoms with Gasteiger partial charge in [-0.1, -0.05) is 48.5 Å². The van der Waals surface area contributed by atoms with E-state index < -0.39 is 6.09 Å². The number of amides is 3. The summed E-state index contributed by atoms with van der Waals surface area (Å²) < 4.78 is 5.42. The largest absolute Gasteiger partial charge is 0.448 e. The molecule has 3 amide bonds. The number of hydrogen-bond acceptors (Lipinski definition) is 3. The third-order valence-corrected chi connectivity index (χ3v) is 4.68. The summed E-state index contributed by atoms with van der Waals surface area (Å²) in [6.45, 7) is 1.35. The Hall–Kier alpha value is -3.02. The number of nitrogens with one attached hydrogen (secondary N) is 1. The lowest BCUT2D eigenvalue weighted by molar-refractivity contribution is -0.00917. The zero-order chi connectivity index (χ0) is 19.6. The number of benzene rings is 2. The molecule has 6 heteroatoms. The molecular weight excluding hydrogens is 354 g/mol. The molecule has 0 aliphatic carbocycles. The van der Waals surface area contributed by atoms with Crippen molar-refractivity contribution in [3.63, 3.8) is 0 Å². The van der Waals surface area contributed by atoms with Crippen molar-refractivity contribution < 1.29 is 14.3 Å². The first-order valence-corrected chi connectivity index (χ1v) is 9.86. The first kappa shape index (κ1) is 19.7. The van der Waals surface area contributed by atoms with Crippen LogP contribution in [-0.4, -0.2) is 41.8 Å². The Balaban J connectivity index is 1.44. The summed E-state index contributed by atoms with van der Waals surface area (Å²) in [5.74, 6) is 0. The average molecular weight is 381 g/mol. The second-order valence-electron chi connectivity index (χ2n) is 6.81. The third kappa shape index (κ3) is 5.74. The Morgan fingerprint density at radius 1 is 0.857 bits per heavy atom. The molecular formula is C22H27N3O3. The number of unbranched alkanes of at least 4 members (excludes halogenated alkanes) is 1. The van der Waals surface area contributed by atoms with Crippen LogP contribution in [0.5, 0.6) is 0 Å². The highest BCUT2D eigenvalue weighted by Crippen LogP contribution is 2.15. The van der Waals surface area contributed by atoms with Gasteiger partial charge in [0.1, 0.15) is 0 Å². The van der Waals surface area contributed by atoms with Crippen LogP contribution in [0.4, 0.5) is 15.3 Å². The predicted molar refractivity (Wildman–Crippen MR) is 109 cm³/mol. The van der Waals surface area contributed by atoms with Gasteiger partial charge in [0, 0.05) is 18.8 Å². The van der Waals surface area contributed by atoms with Crippen LogP contribution in [0.25, 0.3) is 0 Å². The summed E-state index contributed by atoms with van der Waals surface area (Å²) in [5, 5.41) is 5.69. The molecule has 0 unspecified atom stereocenters. The zero-order valence-corrected chi connectivity index (χ0v) is 16.0. The molecule has 148 valence electrons. The van der Waals surface area contributed by atoms with Gasteiger partial charge in [-0.15, -0.1) is 0 Å². The zero-order valence-electron chi connectivity index (χ0n) is 16.0. The number of urea groups is 1. The average Bonchev–Trinajstić information content (AvgIpc) is 2.75. The predicted octanol–water partition coefficient (Wildman–Crippen LogP) is 4.69. The molecule has 0 atom stereocenters. The summed E-state index contributed by atoms with van der Waals surface area (Å²) in [7, 11) is 0. The van der Waals surface area contributed by atoms with E-state index in [4.69, 9.17) is 4.74 Å². The number of nitrogens with zero attached hydrogens (tertiary/aromatic N) is 2. The van der Waals surface area contributed by atoms with Gasteiger partial charge < -0.3 is 10.1 Å². The van der Waals surface area contributed by atoms with Crippen molar-refractivity contribution >= 4 is 17.8 Å². The molecule has 0 spiro atoms. The first-order valence-electron chi connectivity index (χ1n) is 9.86. The molecule has 1 saturated heterocycles. The van der Waals surface area contributed by atoms with Gasteiger partial charge in [-0.05, 0) is 49.8 Å². The molecule has 0 radical (unpaired) electrons. The molecule has 1 aliphatic rings. The number of anilines is 1. The van der Waals surface area contributed by atoms with Crippen LogP contribution in [0.2, 0.25) is 0 Å². The summed E-state index contributed by atoms with van der Waals surface area (Å²) in [6.07, 6.45) is 3.98. The lowest BCUT2D eigenvalue weighted by Gasteiger charge is -2.37. The molecule has 1 fully saturated rings. The second-order valence-corrected chi connectivity index (χ2v) is 6.81. The van der Waals surface area contributed by atoms with E-state index >= 15 is 0 Å². The van der Waals surface area contributed by atoms with Gasteiger partial charge in [0.05, 0.1) is 6.61 Å². The van der Waals surface area contributed by atoms with Crippen molar-refractivity contribution in [2.45, 2.75) is 32.1 Å². The third-order valence-electron chi connectivity index (χ3n) is 4.68. The van der Waals surface area contributed by atoms with Crippen molar-refractivity contribution in [3.05, 3.63) is 66.2 Å². The smallest absolute Gasteiger partial charge is 0.428 e. The highest BCUT2D eigenvalue weighted by Gasteiger charge is 2.29. The normalized spacial score (nSPS) is 13.9. The summed E-state index contributed by atoms with van der Waals surface area (Å²) in [6, 6.07) is 19.2. The topological polar surface area (TPSA) is 61.9 Å². The van der Waals surface area contributed by atoms with Gasteiger partial charge in [0.15, 0.2) is 0 Å². The van der Waals surface area contributed by atoms with Crippen LogP contribution < -0.4 is 5.32 Å². The maximum atomic E-state index is 12.6. The Morgan fingerprint density at radius 2 is 1.50 bits per heavy atom. The van der Waals surface area contributed by atoms with Crippen molar-refractivity contribution in [2.75, 3.05) is 25.0 Å². The Kier molecular flexibility index (Phi) is 7.29. The van der Waals surface area contributed by atoms with Crippen molar-refractivity contribution in [2.24, 2.45) is 0 Å². The molecule has 1 heterocycles. The summed E-state index contributed by atoms with van der Waals surface area (Å²) in [5.41, 5.74) is 1.99. The molecule has 28 heavy (non-hydrogen) atoms. The van der Waals surface area contributed by atoms with E-state index in [1.807, 2.05) is 48.5 Å². The van der Waals surface area contributed by atoms with Gasteiger partial charge in [-0.25, -0.2) is 19.6 Å². The van der Waals surface area contributed by atoms with Crippen LogP contribution >= 0.6 is 0 Å². The van der Waals surface area contributed by atoms with Gasteiger partial charge in [0.25, 0.3) is 0 Å². The highest BCUT2D eigenvalue weighted by atomic mass is 16.6. The molecule has 0 saturated carbocycles. The number of carbonyl (C=O) groups excluding carboxylic acids is 2. The molecule has 2 aromatic rings. The summed E-state index contributed by atoms with van der Waals surface area (Å²) >= 11 is 0. The van der Waals surface area contributed by atoms with E-state index in [0.29, 0.717) is 25.4 Å². The van der Waals surface area contributed by atoms with Gasteiger partial charge >= 0.3 is 12.1 Å². The Morgan fingerprint density at radius 3 is 2.21 bits per heavy atom. The number of rotatable bonds is 6. The van der Waals surface area contributed by atoms with E-state index in [9.17, 15) is 9.59 Å². The standard InChI is InChI=1S/C22H27N3O3/c26-21(23-20-14-5-2-6-15-20)24-16-8-9-17-25(24)22(27)28-18-10-7-13-19-11-3-1-4-12-19/h1-6,11-12,14-15H,7-10,13,16-18H2,(H,23,26). The minimum atomic E-state index is -0.456. The lowest BCUT2D eigenvalue weighted by Crippen LogP contribution is -2.54. The van der Waals surface area contributed by atoms with Crippen LogP contribution in [0.3, 0.4) is 0 Å². The van der Waals surface area contributed by atoms with Gasteiger partial charge in [-0.2, -0.15) is 0 Å². The number of carbonyl (C=O) groups is 2. The van der Waals surface area contributed by atoms with E-state index in [1.54, 1.807) is 0 Å². The number of ether oxygens (including phenoxy) is 1. The minimum absolute atomic E-state index is 0.313. The SMILES string of the molecule is O=C(Nc1ccccc1)N1CCCCN1C(=O)OCCCCc1ccccc1. The first-order chi connectivity index (χ1) is 13.7. The van der Waals surface area contributed by atoms with E-state index in [1.165, 1.54) is 15.6 Å². The fraction of sp³-hybridized carbons (Fsp3) is 0.364. The maximum Gasteiger partial charge on any atom is 0.428 e. The second kappa shape index (κ2) is 10.3. The Labute approximate surface area is 166 Å². The molecule has 3 rings (SSSR count). The fourth-order valence-electron chi connectivity index (χ4n) is 3.18. The van der Waals surface area contributed by atoms with Crippen molar-refractivity contribution in [1.29, 1.82) is 0 Å². The minimum Gasteiger partial charge on any atom is -0.448 e. The van der Waals surface area contributed by atoms with Gasteiger partial charge in [-0.3, -0.25) is 0 Å². The van der Waals surface area contributed by atoms with E-state index in [2.05, 4.69) is 17.4 Å². The van der Waals surface area contributed by atoms with Crippen molar-refractivity contribution in [1.82, 2.24) is 10.0 Å². The molecule has 0 bridgehead atoms. The maximum absolute atomic E-state index is 12.6. The van der Waals surface area contributed by atoms with Crippen molar-refractivity contribution in [3.8, 4) is 0 Å². The number of hydrazine groups is 1. The highest BCUT2D eigenvalue weighted by molar-refractivity contribution is 5.90. The Bertz CT molecular complexity index is 752. The molecule has 1 N–H and O–H groups in total. The van der Waals surface area contributed by atoms with E-state index in [-0.39, 0.29) is 6.03 Å². The molecule has 6 nitrogen and oxygen atoms in total.